The molecule has 0 bridgehead atoms. The molecule has 0 aromatic heterocycles. The molecule has 0 saturated heterocycles. The molecule has 1 saturated carbocycles. The first-order valence-electron chi connectivity index (χ1n) is 7.74. The predicted octanol–water partition coefficient (Wildman–Crippen LogP) is 4.33. The SMILES string of the molecule is Cc1ccc(S(=O)(=O)OC2CCCCC2)cc1C(C)(C)C. The maximum atomic E-state index is 12.5. The fourth-order valence-electron chi connectivity index (χ4n) is 2.96. The highest BCUT2D eigenvalue weighted by atomic mass is 32.2. The molecule has 0 heterocycles. The molecule has 118 valence electrons. The van der Waals surface area contributed by atoms with Gasteiger partial charge in [-0.05, 0) is 48.4 Å². The van der Waals surface area contributed by atoms with E-state index in [1.807, 2.05) is 13.0 Å². The highest BCUT2D eigenvalue weighted by Crippen LogP contribution is 2.30. The lowest BCUT2D eigenvalue weighted by molar-refractivity contribution is 0.162. The Morgan fingerprint density at radius 3 is 2.29 bits per heavy atom. The van der Waals surface area contributed by atoms with Crippen molar-refractivity contribution in [3.63, 3.8) is 0 Å². The van der Waals surface area contributed by atoms with Gasteiger partial charge in [-0.2, -0.15) is 8.42 Å². The third-order valence-electron chi connectivity index (χ3n) is 4.12. The first-order chi connectivity index (χ1) is 9.70. The van der Waals surface area contributed by atoms with Crippen molar-refractivity contribution in [2.75, 3.05) is 0 Å². The average molecular weight is 310 g/mol. The Morgan fingerprint density at radius 1 is 1.10 bits per heavy atom. The molecule has 4 heteroatoms. The summed E-state index contributed by atoms with van der Waals surface area (Å²) >= 11 is 0. The summed E-state index contributed by atoms with van der Waals surface area (Å²) in [6, 6.07) is 5.30. The van der Waals surface area contributed by atoms with Gasteiger partial charge in [0, 0.05) is 0 Å². The number of benzene rings is 1. The van der Waals surface area contributed by atoms with Crippen LogP contribution in [-0.2, 0) is 19.7 Å². The van der Waals surface area contributed by atoms with Crippen LogP contribution in [0.4, 0.5) is 0 Å². The number of aryl methyl sites for hydroxylation is 1. The van der Waals surface area contributed by atoms with E-state index in [4.69, 9.17) is 4.18 Å². The smallest absolute Gasteiger partial charge is 0.263 e. The Balaban J connectivity index is 2.27. The van der Waals surface area contributed by atoms with Gasteiger partial charge in [-0.15, -0.1) is 0 Å². The van der Waals surface area contributed by atoms with E-state index in [1.54, 1.807) is 12.1 Å². The van der Waals surface area contributed by atoms with Crippen LogP contribution in [0.3, 0.4) is 0 Å². The van der Waals surface area contributed by atoms with Gasteiger partial charge < -0.3 is 0 Å². The van der Waals surface area contributed by atoms with Crippen molar-refractivity contribution in [3.8, 4) is 0 Å². The van der Waals surface area contributed by atoms with Crippen LogP contribution < -0.4 is 0 Å². The van der Waals surface area contributed by atoms with Crippen molar-refractivity contribution in [2.45, 2.75) is 76.2 Å². The minimum atomic E-state index is -3.66. The largest absolute Gasteiger partial charge is 0.297 e. The molecule has 0 N–H and O–H groups in total. The van der Waals surface area contributed by atoms with Crippen LogP contribution >= 0.6 is 0 Å². The summed E-state index contributed by atoms with van der Waals surface area (Å²) in [5.74, 6) is 0. The molecule has 3 nitrogen and oxygen atoms in total. The van der Waals surface area contributed by atoms with E-state index in [0.29, 0.717) is 0 Å². The van der Waals surface area contributed by atoms with Crippen molar-refractivity contribution in [1.29, 1.82) is 0 Å². The second-order valence-electron chi connectivity index (χ2n) is 7.04. The van der Waals surface area contributed by atoms with Crippen LogP contribution in [0.2, 0.25) is 0 Å². The zero-order chi connectivity index (χ0) is 15.7. The molecule has 1 fully saturated rings. The molecule has 2 rings (SSSR count). The Bertz CT molecular complexity index is 591. The number of rotatable bonds is 3. The van der Waals surface area contributed by atoms with Crippen molar-refractivity contribution < 1.29 is 12.6 Å². The zero-order valence-corrected chi connectivity index (χ0v) is 14.3. The maximum Gasteiger partial charge on any atom is 0.297 e. The number of hydrogen-bond donors (Lipinski definition) is 0. The van der Waals surface area contributed by atoms with E-state index in [1.165, 1.54) is 6.42 Å². The summed E-state index contributed by atoms with van der Waals surface area (Å²) in [6.45, 7) is 8.29. The summed E-state index contributed by atoms with van der Waals surface area (Å²) < 4.78 is 30.4. The summed E-state index contributed by atoms with van der Waals surface area (Å²) in [6.07, 6.45) is 4.83. The highest BCUT2D eigenvalue weighted by Gasteiger charge is 2.25. The molecule has 1 aromatic rings. The summed E-state index contributed by atoms with van der Waals surface area (Å²) in [7, 11) is -3.66. The van der Waals surface area contributed by atoms with Gasteiger partial charge in [0.25, 0.3) is 10.1 Å². The lowest BCUT2D eigenvalue weighted by Crippen LogP contribution is -2.22. The third-order valence-corrected chi connectivity index (χ3v) is 5.48. The predicted molar refractivity (Wildman–Crippen MR) is 85.0 cm³/mol. The molecular weight excluding hydrogens is 284 g/mol. The minimum absolute atomic E-state index is 0.0829. The Morgan fingerprint density at radius 2 is 1.71 bits per heavy atom. The van der Waals surface area contributed by atoms with Gasteiger partial charge in [-0.3, -0.25) is 4.18 Å². The minimum Gasteiger partial charge on any atom is -0.263 e. The number of hydrogen-bond acceptors (Lipinski definition) is 3. The van der Waals surface area contributed by atoms with Crippen molar-refractivity contribution >= 4 is 10.1 Å². The fraction of sp³-hybridized carbons (Fsp3) is 0.647. The van der Waals surface area contributed by atoms with Gasteiger partial charge in [0.05, 0.1) is 11.0 Å². The Kier molecular flexibility index (Phi) is 4.79. The molecule has 1 aromatic carbocycles. The van der Waals surface area contributed by atoms with Gasteiger partial charge in [-0.25, -0.2) is 0 Å². The van der Waals surface area contributed by atoms with Gasteiger partial charge >= 0.3 is 0 Å². The normalized spacial score (nSPS) is 17.9. The molecule has 21 heavy (non-hydrogen) atoms. The average Bonchev–Trinajstić information content (AvgIpc) is 2.38. The quantitative estimate of drug-likeness (QED) is 0.780. The third kappa shape index (κ3) is 4.07. The summed E-state index contributed by atoms with van der Waals surface area (Å²) in [4.78, 5) is 0.281. The second kappa shape index (κ2) is 6.09. The molecular formula is C17H26O3S. The monoisotopic (exact) mass is 310 g/mol. The van der Waals surface area contributed by atoms with Gasteiger partial charge in [0.2, 0.25) is 0 Å². The van der Waals surface area contributed by atoms with Crippen LogP contribution in [0.15, 0.2) is 23.1 Å². The first-order valence-corrected chi connectivity index (χ1v) is 9.15. The van der Waals surface area contributed by atoms with Crippen molar-refractivity contribution in [1.82, 2.24) is 0 Å². The summed E-state index contributed by atoms with van der Waals surface area (Å²) in [5.41, 5.74) is 2.08. The standard InChI is InChI=1S/C17H26O3S/c1-13-10-11-15(12-16(13)17(2,3)4)21(18,19)20-14-8-6-5-7-9-14/h10-12,14H,5-9H2,1-4H3. The van der Waals surface area contributed by atoms with Crippen molar-refractivity contribution in [3.05, 3.63) is 29.3 Å². The first kappa shape index (κ1) is 16.5. The van der Waals surface area contributed by atoms with Crippen LogP contribution in [0, 0.1) is 6.92 Å². The van der Waals surface area contributed by atoms with Gasteiger partial charge in [-0.1, -0.05) is 46.1 Å². The van der Waals surface area contributed by atoms with Crippen LogP contribution in [0.5, 0.6) is 0 Å². The lowest BCUT2D eigenvalue weighted by atomic mass is 9.84. The fourth-order valence-corrected chi connectivity index (χ4v) is 4.12. The van der Waals surface area contributed by atoms with Crippen LogP contribution in [0.25, 0.3) is 0 Å². The molecule has 0 aliphatic heterocycles. The molecule has 0 spiro atoms. The van der Waals surface area contributed by atoms with Gasteiger partial charge in [0.15, 0.2) is 0 Å². The molecule has 1 aliphatic rings. The van der Waals surface area contributed by atoms with E-state index in [2.05, 4.69) is 20.8 Å². The van der Waals surface area contributed by atoms with Gasteiger partial charge in [0.1, 0.15) is 0 Å². The lowest BCUT2D eigenvalue weighted by Gasteiger charge is -2.24. The van der Waals surface area contributed by atoms with E-state index < -0.39 is 10.1 Å². The van der Waals surface area contributed by atoms with E-state index in [-0.39, 0.29) is 16.4 Å². The Hall–Kier alpha value is -0.870. The van der Waals surface area contributed by atoms with Crippen molar-refractivity contribution in [2.24, 2.45) is 0 Å². The highest BCUT2D eigenvalue weighted by molar-refractivity contribution is 7.86. The Labute approximate surface area is 128 Å². The molecule has 0 radical (unpaired) electrons. The zero-order valence-electron chi connectivity index (χ0n) is 13.5. The van der Waals surface area contributed by atoms with Crippen LogP contribution in [-0.4, -0.2) is 14.5 Å². The topological polar surface area (TPSA) is 43.4 Å². The summed E-state index contributed by atoms with van der Waals surface area (Å²) in [5, 5.41) is 0. The molecule has 0 atom stereocenters. The molecule has 0 amide bonds. The van der Waals surface area contributed by atoms with Crippen LogP contribution in [0.1, 0.15) is 64.0 Å². The second-order valence-corrected chi connectivity index (χ2v) is 8.61. The van der Waals surface area contributed by atoms with E-state index in [0.717, 1.165) is 36.8 Å². The molecule has 1 aliphatic carbocycles. The maximum absolute atomic E-state index is 12.5. The van der Waals surface area contributed by atoms with E-state index in [9.17, 15) is 8.42 Å². The molecule has 0 unspecified atom stereocenters. The van der Waals surface area contributed by atoms with E-state index >= 15 is 0 Å².